The summed E-state index contributed by atoms with van der Waals surface area (Å²) in [4.78, 5) is 0. The van der Waals surface area contributed by atoms with E-state index in [1.54, 1.807) is 6.07 Å². The predicted molar refractivity (Wildman–Crippen MR) is 242 cm³/mol. The van der Waals surface area contributed by atoms with E-state index >= 15 is 0 Å². The highest BCUT2D eigenvalue weighted by molar-refractivity contribution is 5.87. The summed E-state index contributed by atoms with van der Waals surface area (Å²) < 4.78 is 0. The smallest absolute Gasteiger partial charge is 0.123 e. The molecule has 3 nitrogen and oxygen atoms in total. The zero-order chi connectivity index (χ0) is 40.7. The van der Waals surface area contributed by atoms with Gasteiger partial charge in [-0.15, -0.1) is 19.7 Å². The van der Waals surface area contributed by atoms with E-state index in [0.29, 0.717) is 37.9 Å². The van der Waals surface area contributed by atoms with Crippen LogP contribution in [0.3, 0.4) is 0 Å². The van der Waals surface area contributed by atoms with Gasteiger partial charge in [-0.3, -0.25) is 0 Å². The second kappa shape index (κ2) is 15.2. The molecule has 0 aliphatic heterocycles. The molecular formula is C56H48O3. The molecule has 0 unspecified atom stereocenters. The number of allylic oxidation sites excluding steroid dienone is 3. The lowest BCUT2D eigenvalue weighted by molar-refractivity contribution is 0.436. The molecule has 0 amide bonds. The predicted octanol–water partition coefficient (Wildman–Crippen LogP) is 12.5. The number of benzene rings is 7. The Morgan fingerprint density at radius 2 is 0.949 bits per heavy atom. The van der Waals surface area contributed by atoms with Crippen molar-refractivity contribution in [3.8, 4) is 39.5 Å². The molecule has 3 N–H and O–H groups in total. The number of aryl methyl sites for hydroxylation is 1. The molecule has 0 heterocycles. The Labute approximate surface area is 347 Å². The van der Waals surface area contributed by atoms with Crippen molar-refractivity contribution in [1.82, 2.24) is 0 Å². The molecule has 0 radical (unpaired) electrons. The molecule has 0 saturated carbocycles. The lowest BCUT2D eigenvalue weighted by Crippen LogP contribution is -2.30. The molecule has 9 rings (SSSR count). The SMILES string of the molecule is C=CCc1cc(C2(c3cc(CCC4(Cc5cccc(CC=C)c5O)c5ccccc5-c5ccccc54)cc(CC=C)c3O)c3ccccc3-c3ccccc32)ccc1O. The van der Waals surface area contributed by atoms with Crippen LogP contribution in [0.1, 0.15) is 67.6 Å². The second-order valence-electron chi connectivity index (χ2n) is 16.1. The Morgan fingerprint density at radius 1 is 0.441 bits per heavy atom. The van der Waals surface area contributed by atoms with Gasteiger partial charge in [0.05, 0.1) is 5.41 Å². The van der Waals surface area contributed by atoms with Crippen molar-refractivity contribution in [2.75, 3.05) is 0 Å². The van der Waals surface area contributed by atoms with Crippen molar-refractivity contribution >= 4 is 0 Å². The number of fused-ring (bicyclic) bond motifs is 6. The van der Waals surface area contributed by atoms with Gasteiger partial charge in [0.2, 0.25) is 0 Å². The van der Waals surface area contributed by atoms with Crippen molar-refractivity contribution < 1.29 is 15.3 Å². The van der Waals surface area contributed by atoms with Crippen LogP contribution >= 0.6 is 0 Å². The highest BCUT2D eigenvalue weighted by atomic mass is 16.3. The number of rotatable bonds is 13. The maximum atomic E-state index is 12.6. The Morgan fingerprint density at radius 3 is 1.54 bits per heavy atom. The first-order valence-corrected chi connectivity index (χ1v) is 20.5. The summed E-state index contributed by atoms with van der Waals surface area (Å²) in [6.45, 7) is 12.0. The van der Waals surface area contributed by atoms with Crippen molar-refractivity contribution in [2.45, 2.75) is 49.4 Å². The van der Waals surface area contributed by atoms with Crippen LogP contribution in [-0.2, 0) is 42.9 Å². The van der Waals surface area contributed by atoms with Gasteiger partial charge in [-0.25, -0.2) is 0 Å². The molecule has 0 fully saturated rings. The first-order chi connectivity index (χ1) is 28.8. The average molecular weight is 769 g/mol. The lowest BCUT2D eigenvalue weighted by atomic mass is 9.66. The minimum absolute atomic E-state index is 0.220. The zero-order valence-electron chi connectivity index (χ0n) is 33.3. The van der Waals surface area contributed by atoms with E-state index in [0.717, 1.165) is 67.6 Å². The maximum absolute atomic E-state index is 12.6. The van der Waals surface area contributed by atoms with Crippen LogP contribution in [0, 0.1) is 0 Å². The Kier molecular flexibility index (Phi) is 9.69. The van der Waals surface area contributed by atoms with Gasteiger partial charge in [0.1, 0.15) is 17.2 Å². The summed E-state index contributed by atoms with van der Waals surface area (Å²) in [5, 5.41) is 35.4. The number of aromatic hydroxyl groups is 3. The van der Waals surface area contributed by atoms with Crippen molar-refractivity contribution in [3.63, 3.8) is 0 Å². The Bertz CT molecular complexity index is 2700. The summed E-state index contributed by atoms with van der Waals surface area (Å²) in [5.41, 5.74) is 14.3. The molecule has 3 heteroatoms. The fourth-order valence-electron chi connectivity index (χ4n) is 10.4. The summed E-state index contributed by atoms with van der Waals surface area (Å²) in [7, 11) is 0. The van der Waals surface area contributed by atoms with E-state index in [4.69, 9.17) is 0 Å². The van der Waals surface area contributed by atoms with Crippen molar-refractivity contribution in [2.24, 2.45) is 0 Å². The number of hydrogen-bond donors (Lipinski definition) is 3. The largest absolute Gasteiger partial charge is 0.508 e. The van der Waals surface area contributed by atoms with E-state index in [-0.39, 0.29) is 11.5 Å². The summed E-state index contributed by atoms with van der Waals surface area (Å²) in [5.74, 6) is 0.796. The molecule has 0 spiro atoms. The van der Waals surface area contributed by atoms with Gasteiger partial charge < -0.3 is 15.3 Å². The molecule has 59 heavy (non-hydrogen) atoms. The topological polar surface area (TPSA) is 60.7 Å². The normalized spacial score (nSPS) is 13.8. The van der Waals surface area contributed by atoms with Gasteiger partial charge in [0, 0.05) is 11.0 Å². The minimum atomic E-state index is -0.894. The van der Waals surface area contributed by atoms with Crippen LogP contribution < -0.4 is 0 Å². The first kappa shape index (κ1) is 37.7. The van der Waals surface area contributed by atoms with Crippen LogP contribution in [0.2, 0.25) is 0 Å². The highest BCUT2D eigenvalue weighted by Crippen LogP contribution is 2.59. The molecule has 0 bridgehead atoms. The van der Waals surface area contributed by atoms with E-state index < -0.39 is 10.8 Å². The average Bonchev–Trinajstić information content (AvgIpc) is 3.71. The molecule has 290 valence electrons. The third kappa shape index (κ3) is 5.95. The van der Waals surface area contributed by atoms with Gasteiger partial charge in [-0.2, -0.15) is 0 Å². The molecule has 7 aromatic carbocycles. The van der Waals surface area contributed by atoms with Gasteiger partial charge in [0.15, 0.2) is 0 Å². The third-order valence-electron chi connectivity index (χ3n) is 12.9. The fraction of sp³-hybridized carbons (Fsp3) is 0.143. The number of phenols is 3. The van der Waals surface area contributed by atoms with E-state index in [9.17, 15) is 15.3 Å². The fourth-order valence-corrected chi connectivity index (χ4v) is 10.4. The van der Waals surface area contributed by atoms with Crippen LogP contribution in [0.25, 0.3) is 22.3 Å². The van der Waals surface area contributed by atoms with Gasteiger partial charge in [0.25, 0.3) is 0 Å². The van der Waals surface area contributed by atoms with Gasteiger partial charge in [-0.05, 0) is 122 Å². The molecule has 2 aliphatic carbocycles. The molecule has 0 atom stereocenters. The first-order valence-electron chi connectivity index (χ1n) is 20.5. The lowest BCUT2D eigenvalue weighted by Gasteiger charge is -2.36. The van der Waals surface area contributed by atoms with Crippen LogP contribution in [0.4, 0.5) is 0 Å². The molecule has 0 aromatic heterocycles. The van der Waals surface area contributed by atoms with Gasteiger partial charge in [-0.1, -0.05) is 158 Å². The molecule has 7 aromatic rings. The molecular weight excluding hydrogens is 721 g/mol. The zero-order valence-corrected chi connectivity index (χ0v) is 33.3. The second-order valence-corrected chi connectivity index (χ2v) is 16.1. The Hall–Kier alpha value is -6.84. The molecule has 0 saturated heterocycles. The highest BCUT2D eigenvalue weighted by Gasteiger charge is 2.48. The summed E-state index contributed by atoms with van der Waals surface area (Å²) in [6.07, 6.45) is 9.17. The van der Waals surface area contributed by atoms with Crippen molar-refractivity contribution in [3.05, 3.63) is 245 Å². The standard InChI is InChI=1S/C56H48O3/c1-4-16-38-19-15-20-41(53(38)58)36-55(47-25-11-7-21-43(47)44-22-8-12-26-48(44)55)32-31-37-33-40(18-6-3)54(59)51(34-37)56(42-29-30-52(57)39(35-42)17-5-2)49-27-13-9-23-45(49)46-24-10-14-28-50(46)56/h4-15,19-30,33-35,57-59H,1-3,16-18,31-32,36H2. The van der Waals surface area contributed by atoms with Gasteiger partial charge >= 0.3 is 0 Å². The summed E-state index contributed by atoms with van der Waals surface area (Å²) in [6, 6.07) is 50.8. The number of phenolic OH excluding ortho intramolecular Hbond substituents is 3. The van der Waals surface area contributed by atoms with Crippen LogP contribution in [0.15, 0.2) is 184 Å². The van der Waals surface area contributed by atoms with E-state index in [1.165, 1.54) is 22.3 Å². The quantitative estimate of drug-likeness (QED) is 0.102. The van der Waals surface area contributed by atoms with E-state index in [2.05, 4.69) is 141 Å². The van der Waals surface area contributed by atoms with Crippen LogP contribution in [-0.4, -0.2) is 15.3 Å². The number of para-hydroxylation sites is 1. The monoisotopic (exact) mass is 768 g/mol. The minimum Gasteiger partial charge on any atom is -0.508 e. The Balaban J connectivity index is 1.26. The van der Waals surface area contributed by atoms with Crippen LogP contribution in [0.5, 0.6) is 17.2 Å². The maximum Gasteiger partial charge on any atom is 0.123 e. The summed E-state index contributed by atoms with van der Waals surface area (Å²) >= 11 is 0. The van der Waals surface area contributed by atoms with Crippen molar-refractivity contribution in [1.29, 1.82) is 0 Å². The number of hydrogen-bond acceptors (Lipinski definition) is 3. The van der Waals surface area contributed by atoms with E-state index in [1.807, 2.05) is 36.4 Å². The molecule has 2 aliphatic rings. The third-order valence-corrected chi connectivity index (χ3v) is 12.9.